The molecule has 0 saturated heterocycles. The molecular weight excluding hydrogens is 255 g/mol. The van der Waals surface area contributed by atoms with Crippen LogP contribution in [0.1, 0.15) is 18.4 Å². The summed E-state index contributed by atoms with van der Waals surface area (Å²) in [5, 5.41) is -0.0292. The van der Waals surface area contributed by atoms with Gasteiger partial charge in [-0.3, -0.25) is 0 Å². The summed E-state index contributed by atoms with van der Waals surface area (Å²) < 4.78 is 37.5. The van der Waals surface area contributed by atoms with Gasteiger partial charge in [-0.2, -0.15) is 13.2 Å². The Bertz CT molecular complexity index is 418. The molecule has 0 spiro atoms. The first-order chi connectivity index (χ1) is 7.87. The van der Waals surface area contributed by atoms with Crippen LogP contribution in [-0.2, 0) is 0 Å². The molecule has 1 aliphatic rings. The number of hydrogen-bond acceptors (Lipinski definition) is 3. The van der Waals surface area contributed by atoms with E-state index in [9.17, 15) is 13.2 Å². The van der Waals surface area contributed by atoms with Gasteiger partial charge in [0.15, 0.2) is 0 Å². The van der Waals surface area contributed by atoms with Crippen LogP contribution in [0.15, 0.2) is 6.20 Å². The maximum absolute atomic E-state index is 12.5. The molecule has 0 radical (unpaired) electrons. The molecule has 0 unspecified atom stereocenters. The lowest BCUT2D eigenvalue weighted by Gasteiger charge is -2.25. The molecule has 0 bridgehead atoms. The fourth-order valence-electron chi connectivity index (χ4n) is 1.66. The molecule has 0 aliphatic heterocycles. The van der Waals surface area contributed by atoms with Crippen LogP contribution in [0, 0.1) is 6.92 Å². The van der Waals surface area contributed by atoms with Crippen molar-refractivity contribution in [1.29, 1.82) is 0 Å². The monoisotopic (exact) mass is 265 g/mol. The van der Waals surface area contributed by atoms with E-state index in [1.807, 2.05) is 0 Å². The van der Waals surface area contributed by atoms with Crippen LogP contribution in [0.4, 0.5) is 19.0 Å². The van der Waals surface area contributed by atoms with E-state index in [4.69, 9.17) is 11.6 Å². The summed E-state index contributed by atoms with van der Waals surface area (Å²) in [7, 11) is 0. The van der Waals surface area contributed by atoms with E-state index in [0.717, 1.165) is 12.8 Å². The average molecular weight is 266 g/mol. The molecule has 2 rings (SSSR count). The van der Waals surface area contributed by atoms with Crippen molar-refractivity contribution in [2.45, 2.75) is 32.0 Å². The minimum Gasteiger partial charge on any atom is -0.344 e. The van der Waals surface area contributed by atoms with Gasteiger partial charge in [-0.25, -0.2) is 9.97 Å². The molecule has 17 heavy (non-hydrogen) atoms. The Morgan fingerprint density at radius 1 is 1.47 bits per heavy atom. The minimum absolute atomic E-state index is 0.0292. The number of aryl methyl sites for hydroxylation is 1. The summed E-state index contributed by atoms with van der Waals surface area (Å²) in [5.74, 6) is 0.282. The molecule has 94 valence electrons. The van der Waals surface area contributed by atoms with E-state index in [2.05, 4.69) is 9.97 Å². The van der Waals surface area contributed by atoms with Gasteiger partial charge < -0.3 is 4.90 Å². The number of alkyl halides is 3. The molecule has 0 aromatic carbocycles. The Balaban J connectivity index is 2.29. The Kier molecular flexibility index (Phi) is 3.16. The standard InChI is InChI=1S/C10H11ClF3N3/c1-6-4-15-9(11)16-8(6)17(7-2-3-7)5-10(12,13)14/h4,7H,2-3,5H2,1H3. The van der Waals surface area contributed by atoms with E-state index in [1.165, 1.54) is 11.1 Å². The van der Waals surface area contributed by atoms with Crippen LogP contribution in [-0.4, -0.2) is 28.7 Å². The summed E-state index contributed by atoms with van der Waals surface area (Å²) in [6.07, 6.45) is -1.28. The van der Waals surface area contributed by atoms with Gasteiger partial charge in [-0.15, -0.1) is 0 Å². The molecule has 1 saturated carbocycles. The van der Waals surface area contributed by atoms with Gasteiger partial charge in [0, 0.05) is 17.8 Å². The third-order valence-electron chi connectivity index (χ3n) is 2.52. The Morgan fingerprint density at radius 2 is 2.12 bits per heavy atom. The summed E-state index contributed by atoms with van der Waals surface area (Å²) in [6.45, 7) is 0.684. The molecule has 0 amide bonds. The number of halogens is 4. The highest BCUT2D eigenvalue weighted by Crippen LogP contribution is 2.34. The second-order valence-electron chi connectivity index (χ2n) is 4.12. The number of rotatable bonds is 3. The van der Waals surface area contributed by atoms with Crippen LogP contribution >= 0.6 is 11.6 Å². The smallest absolute Gasteiger partial charge is 0.344 e. The van der Waals surface area contributed by atoms with Gasteiger partial charge in [0.25, 0.3) is 0 Å². The minimum atomic E-state index is -4.24. The van der Waals surface area contributed by atoms with E-state index in [1.54, 1.807) is 6.92 Å². The first-order valence-corrected chi connectivity index (χ1v) is 5.57. The van der Waals surface area contributed by atoms with Crippen molar-refractivity contribution in [2.24, 2.45) is 0 Å². The number of hydrogen-bond donors (Lipinski definition) is 0. The van der Waals surface area contributed by atoms with Crippen LogP contribution in [0.5, 0.6) is 0 Å². The molecule has 1 aromatic heterocycles. The molecule has 1 fully saturated rings. The normalized spacial score (nSPS) is 16.1. The predicted octanol–water partition coefficient (Wildman–Crippen LogP) is 2.97. The van der Waals surface area contributed by atoms with Crippen LogP contribution in [0.2, 0.25) is 5.28 Å². The van der Waals surface area contributed by atoms with Crippen molar-refractivity contribution in [3.63, 3.8) is 0 Å². The molecule has 1 aromatic rings. The van der Waals surface area contributed by atoms with Crippen molar-refractivity contribution in [1.82, 2.24) is 9.97 Å². The summed E-state index contributed by atoms with van der Waals surface area (Å²) in [4.78, 5) is 8.91. The zero-order valence-electron chi connectivity index (χ0n) is 9.13. The van der Waals surface area contributed by atoms with Crippen molar-refractivity contribution >= 4 is 17.4 Å². The third-order valence-corrected chi connectivity index (χ3v) is 2.71. The Hall–Kier alpha value is -1.04. The third kappa shape index (κ3) is 3.21. The Labute approximate surface area is 102 Å². The van der Waals surface area contributed by atoms with Crippen LogP contribution < -0.4 is 4.90 Å². The maximum atomic E-state index is 12.5. The SMILES string of the molecule is Cc1cnc(Cl)nc1N(CC(F)(F)F)C1CC1. The summed E-state index contributed by atoms with van der Waals surface area (Å²) >= 11 is 5.63. The predicted molar refractivity (Wildman–Crippen MR) is 58.2 cm³/mol. The van der Waals surface area contributed by atoms with E-state index < -0.39 is 12.7 Å². The zero-order valence-corrected chi connectivity index (χ0v) is 9.89. The highest BCUT2D eigenvalue weighted by atomic mass is 35.5. The lowest BCUT2D eigenvalue weighted by molar-refractivity contribution is -0.120. The van der Waals surface area contributed by atoms with E-state index >= 15 is 0 Å². The first kappa shape index (κ1) is 12.4. The first-order valence-electron chi connectivity index (χ1n) is 5.19. The number of nitrogens with zero attached hydrogens (tertiary/aromatic N) is 3. The molecule has 7 heteroatoms. The van der Waals surface area contributed by atoms with E-state index in [0.29, 0.717) is 5.56 Å². The quantitative estimate of drug-likeness (QED) is 0.787. The van der Waals surface area contributed by atoms with Gasteiger partial charge in [-0.05, 0) is 31.4 Å². The molecule has 0 atom stereocenters. The van der Waals surface area contributed by atoms with Gasteiger partial charge in [-0.1, -0.05) is 0 Å². The molecular formula is C10H11ClF3N3. The second-order valence-corrected chi connectivity index (χ2v) is 4.46. The second kappa shape index (κ2) is 4.33. The fraction of sp³-hybridized carbons (Fsp3) is 0.600. The maximum Gasteiger partial charge on any atom is 0.405 e. The van der Waals surface area contributed by atoms with Gasteiger partial charge in [0.05, 0.1) is 0 Å². The van der Waals surface area contributed by atoms with Gasteiger partial charge in [0.1, 0.15) is 12.4 Å². The van der Waals surface area contributed by atoms with Crippen LogP contribution in [0.3, 0.4) is 0 Å². The molecule has 1 aliphatic carbocycles. The van der Waals surface area contributed by atoms with Crippen LogP contribution in [0.25, 0.3) is 0 Å². The van der Waals surface area contributed by atoms with Gasteiger partial charge >= 0.3 is 6.18 Å². The molecule has 1 heterocycles. The highest BCUT2D eigenvalue weighted by Gasteiger charge is 2.39. The van der Waals surface area contributed by atoms with Crippen molar-refractivity contribution < 1.29 is 13.2 Å². The Morgan fingerprint density at radius 3 is 2.65 bits per heavy atom. The lowest BCUT2D eigenvalue weighted by atomic mass is 10.3. The van der Waals surface area contributed by atoms with Crippen molar-refractivity contribution in [2.75, 3.05) is 11.4 Å². The fourth-order valence-corrected chi connectivity index (χ4v) is 1.79. The molecule has 3 nitrogen and oxygen atoms in total. The zero-order chi connectivity index (χ0) is 12.6. The molecule has 0 N–H and O–H groups in total. The van der Waals surface area contributed by atoms with Crippen molar-refractivity contribution in [3.8, 4) is 0 Å². The largest absolute Gasteiger partial charge is 0.405 e. The summed E-state index contributed by atoms with van der Waals surface area (Å²) in [6, 6.07) is -0.0821. The topological polar surface area (TPSA) is 29.0 Å². The number of aromatic nitrogens is 2. The number of anilines is 1. The van der Waals surface area contributed by atoms with Gasteiger partial charge in [0.2, 0.25) is 5.28 Å². The summed E-state index contributed by atoms with van der Waals surface area (Å²) in [5.41, 5.74) is 0.602. The highest BCUT2D eigenvalue weighted by molar-refractivity contribution is 6.28. The average Bonchev–Trinajstić information content (AvgIpc) is 3.00. The van der Waals surface area contributed by atoms with E-state index in [-0.39, 0.29) is 17.1 Å². The lowest BCUT2D eigenvalue weighted by Crippen LogP contribution is -2.37. The van der Waals surface area contributed by atoms with Crippen molar-refractivity contribution in [3.05, 3.63) is 17.0 Å².